The molecule has 1 aliphatic rings. The first kappa shape index (κ1) is 11.0. The number of hydrogen-bond donors (Lipinski definition) is 2. The molecule has 0 saturated carbocycles. The van der Waals surface area contributed by atoms with Crippen LogP contribution in [0.25, 0.3) is 0 Å². The molecule has 1 rings (SSSR count). The normalized spacial score (nSPS) is 27.2. The summed E-state index contributed by atoms with van der Waals surface area (Å²) in [4.78, 5) is 0. The van der Waals surface area contributed by atoms with E-state index in [0.29, 0.717) is 11.8 Å². The van der Waals surface area contributed by atoms with Crippen molar-refractivity contribution >= 4 is 0 Å². The van der Waals surface area contributed by atoms with E-state index in [1.807, 2.05) is 0 Å². The average molecular weight is 185 g/mol. The van der Waals surface area contributed by atoms with Gasteiger partial charge in [0.25, 0.3) is 0 Å². The van der Waals surface area contributed by atoms with Crippen molar-refractivity contribution < 1.29 is 5.11 Å². The Morgan fingerprint density at radius 3 is 2.77 bits per heavy atom. The molecule has 2 nitrogen and oxygen atoms in total. The molecule has 1 heterocycles. The maximum absolute atomic E-state index is 9.94. The largest absolute Gasteiger partial charge is 0.393 e. The third kappa shape index (κ3) is 4.10. The summed E-state index contributed by atoms with van der Waals surface area (Å²) < 4.78 is 0. The first-order valence-electron chi connectivity index (χ1n) is 5.59. The lowest BCUT2D eigenvalue weighted by Gasteiger charge is -2.22. The Kier molecular flexibility index (Phi) is 4.74. The number of hydrogen-bond acceptors (Lipinski definition) is 2. The Hall–Kier alpha value is -0.0800. The van der Waals surface area contributed by atoms with Crippen LogP contribution in [0.3, 0.4) is 0 Å². The van der Waals surface area contributed by atoms with E-state index in [1.54, 1.807) is 0 Å². The van der Waals surface area contributed by atoms with Gasteiger partial charge in [0.15, 0.2) is 0 Å². The number of rotatable bonds is 3. The Bertz CT molecular complexity index is 128. The lowest BCUT2D eigenvalue weighted by molar-refractivity contribution is 0.0800. The fraction of sp³-hybridized carbons (Fsp3) is 1.00. The van der Waals surface area contributed by atoms with Gasteiger partial charge in [-0.3, -0.25) is 0 Å². The molecular weight excluding hydrogens is 162 g/mol. The molecule has 0 spiro atoms. The number of aliphatic hydroxyl groups is 1. The van der Waals surface area contributed by atoms with Crippen LogP contribution in [0.5, 0.6) is 0 Å². The highest BCUT2D eigenvalue weighted by Gasteiger charge is 2.20. The number of nitrogens with one attached hydrogen (secondary N) is 1. The molecule has 0 aromatic heterocycles. The predicted molar refractivity (Wildman–Crippen MR) is 55.7 cm³/mol. The van der Waals surface area contributed by atoms with Crippen molar-refractivity contribution in [1.82, 2.24) is 5.32 Å². The molecule has 0 aliphatic carbocycles. The fourth-order valence-electron chi connectivity index (χ4n) is 2.11. The zero-order valence-electron chi connectivity index (χ0n) is 8.92. The zero-order chi connectivity index (χ0) is 9.68. The molecular formula is C11H23NO. The minimum absolute atomic E-state index is 0.0695. The Morgan fingerprint density at radius 1 is 1.31 bits per heavy atom. The minimum atomic E-state index is -0.0695. The lowest BCUT2D eigenvalue weighted by Crippen LogP contribution is -2.23. The minimum Gasteiger partial charge on any atom is -0.393 e. The molecule has 1 saturated heterocycles. The van der Waals surface area contributed by atoms with E-state index in [-0.39, 0.29) is 6.10 Å². The summed E-state index contributed by atoms with van der Waals surface area (Å²) in [6, 6.07) is 0. The third-order valence-electron chi connectivity index (χ3n) is 2.88. The van der Waals surface area contributed by atoms with Crippen molar-refractivity contribution in [2.24, 2.45) is 11.8 Å². The SMILES string of the molecule is CC(C)CC(O)C1CCCNCC1. The Balaban J connectivity index is 2.30. The van der Waals surface area contributed by atoms with Crippen LogP contribution in [0.4, 0.5) is 0 Å². The van der Waals surface area contributed by atoms with Gasteiger partial charge in [0.05, 0.1) is 6.10 Å². The second-order valence-corrected chi connectivity index (χ2v) is 4.64. The van der Waals surface area contributed by atoms with Crippen LogP contribution < -0.4 is 5.32 Å². The van der Waals surface area contributed by atoms with Gasteiger partial charge in [-0.25, -0.2) is 0 Å². The van der Waals surface area contributed by atoms with E-state index in [0.717, 1.165) is 25.9 Å². The lowest BCUT2D eigenvalue weighted by atomic mass is 9.89. The van der Waals surface area contributed by atoms with E-state index in [1.165, 1.54) is 12.8 Å². The molecule has 2 N–H and O–H groups in total. The van der Waals surface area contributed by atoms with Crippen molar-refractivity contribution in [3.63, 3.8) is 0 Å². The van der Waals surface area contributed by atoms with E-state index in [4.69, 9.17) is 0 Å². The third-order valence-corrected chi connectivity index (χ3v) is 2.88. The molecule has 78 valence electrons. The van der Waals surface area contributed by atoms with Gasteiger partial charge in [-0.1, -0.05) is 13.8 Å². The van der Waals surface area contributed by atoms with Gasteiger partial charge in [-0.2, -0.15) is 0 Å². The molecule has 0 bridgehead atoms. The van der Waals surface area contributed by atoms with Gasteiger partial charge >= 0.3 is 0 Å². The van der Waals surface area contributed by atoms with Crippen molar-refractivity contribution in [2.75, 3.05) is 13.1 Å². The average Bonchev–Trinajstić information content (AvgIpc) is 2.29. The maximum Gasteiger partial charge on any atom is 0.0571 e. The summed E-state index contributed by atoms with van der Waals surface area (Å²) in [5.74, 6) is 1.16. The van der Waals surface area contributed by atoms with Crippen LogP contribution >= 0.6 is 0 Å². The fourth-order valence-corrected chi connectivity index (χ4v) is 2.11. The van der Waals surface area contributed by atoms with Crippen LogP contribution in [0.2, 0.25) is 0 Å². The summed E-state index contributed by atoms with van der Waals surface area (Å²) >= 11 is 0. The summed E-state index contributed by atoms with van der Waals surface area (Å²) in [6.45, 7) is 6.57. The molecule has 2 atom stereocenters. The molecule has 1 aliphatic heterocycles. The van der Waals surface area contributed by atoms with Crippen molar-refractivity contribution in [3.8, 4) is 0 Å². The van der Waals surface area contributed by atoms with Gasteiger partial charge in [0.2, 0.25) is 0 Å². The van der Waals surface area contributed by atoms with E-state index < -0.39 is 0 Å². The second-order valence-electron chi connectivity index (χ2n) is 4.64. The van der Waals surface area contributed by atoms with Crippen LogP contribution in [-0.4, -0.2) is 24.3 Å². The van der Waals surface area contributed by atoms with E-state index in [2.05, 4.69) is 19.2 Å². The summed E-state index contributed by atoms with van der Waals surface area (Å²) in [5, 5.41) is 13.3. The van der Waals surface area contributed by atoms with Gasteiger partial charge in [-0.05, 0) is 50.6 Å². The zero-order valence-corrected chi connectivity index (χ0v) is 8.92. The van der Waals surface area contributed by atoms with Crippen LogP contribution in [-0.2, 0) is 0 Å². The predicted octanol–water partition coefficient (Wildman–Crippen LogP) is 1.78. The van der Waals surface area contributed by atoms with Gasteiger partial charge in [-0.15, -0.1) is 0 Å². The molecule has 0 aromatic rings. The highest BCUT2D eigenvalue weighted by molar-refractivity contribution is 4.74. The highest BCUT2D eigenvalue weighted by Crippen LogP contribution is 2.22. The maximum atomic E-state index is 9.94. The quantitative estimate of drug-likeness (QED) is 0.702. The van der Waals surface area contributed by atoms with Crippen LogP contribution in [0, 0.1) is 11.8 Å². The molecule has 0 aromatic carbocycles. The van der Waals surface area contributed by atoms with Gasteiger partial charge in [0.1, 0.15) is 0 Å². The Morgan fingerprint density at radius 2 is 2.08 bits per heavy atom. The molecule has 13 heavy (non-hydrogen) atoms. The van der Waals surface area contributed by atoms with Crippen molar-refractivity contribution in [1.29, 1.82) is 0 Å². The first-order valence-corrected chi connectivity index (χ1v) is 5.59. The molecule has 2 unspecified atom stereocenters. The number of aliphatic hydroxyl groups excluding tert-OH is 1. The second kappa shape index (κ2) is 5.61. The molecule has 2 heteroatoms. The van der Waals surface area contributed by atoms with Gasteiger partial charge < -0.3 is 10.4 Å². The first-order chi connectivity index (χ1) is 6.20. The molecule has 1 fully saturated rings. The Labute approximate surface area is 81.7 Å². The molecule has 0 radical (unpaired) electrons. The van der Waals surface area contributed by atoms with Crippen LogP contribution in [0.1, 0.15) is 39.5 Å². The van der Waals surface area contributed by atoms with Crippen molar-refractivity contribution in [3.05, 3.63) is 0 Å². The monoisotopic (exact) mass is 185 g/mol. The summed E-state index contributed by atoms with van der Waals surface area (Å²) in [6.07, 6.45) is 4.46. The molecule has 0 amide bonds. The summed E-state index contributed by atoms with van der Waals surface area (Å²) in [5.41, 5.74) is 0. The van der Waals surface area contributed by atoms with E-state index in [9.17, 15) is 5.11 Å². The van der Waals surface area contributed by atoms with E-state index >= 15 is 0 Å². The highest BCUT2D eigenvalue weighted by atomic mass is 16.3. The smallest absolute Gasteiger partial charge is 0.0571 e. The summed E-state index contributed by atoms with van der Waals surface area (Å²) in [7, 11) is 0. The van der Waals surface area contributed by atoms with Gasteiger partial charge in [0, 0.05) is 0 Å². The van der Waals surface area contributed by atoms with Crippen molar-refractivity contribution in [2.45, 2.75) is 45.6 Å². The standard InChI is InChI=1S/C11H23NO/c1-9(2)8-11(13)10-4-3-6-12-7-5-10/h9-13H,3-8H2,1-2H3. The van der Waals surface area contributed by atoms with Crippen LogP contribution in [0.15, 0.2) is 0 Å². The topological polar surface area (TPSA) is 32.3 Å².